The molecule has 3 unspecified atom stereocenters. The van der Waals surface area contributed by atoms with Gasteiger partial charge in [-0.2, -0.15) is 0 Å². The van der Waals surface area contributed by atoms with Crippen LogP contribution < -0.4 is 11.1 Å². The fraction of sp³-hybridized carbons (Fsp3) is 0.933. The summed E-state index contributed by atoms with van der Waals surface area (Å²) < 4.78 is 5.50. The average Bonchev–Trinajstić information content (AvgIpc) is 2.81. The molecular formula is C15H29N3O2. The van der Waals surface area contributed by atoms with Gasteiger partial charge >= 0.3 is 6.09 Å². The number of nitrogens with zero attached hydrogens (tertiary/aromatic N) is 1. The van der Waals surface area contributed by atoms with Gasteiger partial charge in [0.15, 0.2) is 0 Å². The van der Waals surface area contributed by atoms with Crippen molar-refractivity contribution in [2.75, 3.05) is 32.7 Å². The normalized spacial score (nSPS) is 34.5. The van der Waals surface area contributed by atoms with Gasteiger partial charge < -0.3 is 20.7 Å². The maximum atomic E-state index is 12.3. The topological polar surface area (TPSA) is 67.6 Å². The van der Waals surface area contributed by atoms with Crippen molar-refractivity contribution >= 4 is 6.09 Å². The molecule has 2 fully saturated rings. The third kappa shape index (κ3) is 2.93. The van der Waals surface area contributed by atoms with Crippen LogP contribution in [-0.4, -0.2) is 49.3 Å². The average molecular weight is 283 g/mol. The molecule has 2 aliphatic heterocycles. The molecule has 2 rings (SSSR count). The number of amides is 1. The van der Waals surface area contributed by atoms with Gasteiger partial charge in [-0.05, 0) is 57.5 Å². The van der Waals surface area contributed by atoms with Crippen molar-refractivity contribution in [3.05, 3.63) is 0 Å². The quantitative estimate of drug-likeness (QED) is 0.764. The van der Waals surface area contributed by atoms with E-state index in [2.05, 4.69) is 12.2 Å². The third-order valence-electron chi connectivity index (χ3n) is 4.89. The maximum absolute atomic E-state index is 12.3. The molecule has 0 bridgehead atoms. The van der Waals surface area contributed by atoms with Crippen molar-refractivity contribution in [1.29, 1.82) is 0 Å². The summed E-state index contributed by atoms with van der Waals surface area (Å²) in [5, 5.41) is 3.47. The summed E-state index contributed by atoms with van der Waals surface area (Å²) in [5.41, 5.74) is 5.82. The highest BCUT2D eigenvalue weighted by Crippen LogP contribution is 2.45. The molecule has 5 heteroatoms. The highest BCUT2D eigenvalue weighted by atomic mass is 16.6. The highest BCUT2D eigenvalue weighted by molar-refractivity contribution is 5.68. The molecule has 1 spiro atoms. The summed E-state index contributed by atoms with van der Waals surface area (Å²) in [7, 11) is 0. The lowest BCUT2D eigenvalue weighted by Gasteiger charge is -2.49. The summed E-state index contributed by atoms with van der Waals surface area (Å²) in [6, 6.07) is 0. The van der Waals surface area contributed by atoms with Gasteiger partial charge in [-0.1, -0.05) is 6.92 Å². The zero-order chi connectivity index (χ0) is 15.0. The minimum atomic E-state index is -0.442. The van der Waals surface area contributed by atoms with Gasteiger partial charge in [-0.25, -0.2) is 4.79 Å². The number of carbonyl (C=O) groups is 1. The van der Waals surface area contributed by atoms with Crippen molar-refractivity contribution in [2.24, 2.45) is 23.0 Å². The number of ether oxygens (including phenoxy) is 1. The first kappa shape index (κ1) is 15.6. The first-order valence-electron chi connectivity index (χ1n) is 7.67. The van der Waals surface area contributed by atoms with E-state index in [1.165, 1.54) is 0 Å². The lowest BCUT2D eigenvalue weighted by molar-refractivity contribution is -0.0262. The van der Waals surface area contributed by atoms with Gasteiger partial charge in [-0.3, -0.25) is 0 Å². The van der Waals surface area contributed by atoms with E-state index in [-0.39, 0.29) is 11.5 Å². The Morgan fingerprint density at radius 3 is 2.65 bits per heavy atom. The van der Waals surface area contributed by atoms with Gasteiger partial charge in [0, 0.05) is 19.6 Å². The number of hydrogen-bond acceptors (Lipinski definition) is 4. The molecule has 2 saturated heterocycles. The van der Waals surface area contributed by atoms with E-state index in [1.807, 2.05) is 25.7 Å². The van der Waals surface area contributed by atoms with Crippen LogP contribution in [0.25, 0.3) is 0 Å². The van der Waals surface area contributed by atoms with E-state index in [0.29, 0.717) is 18.4 Å². The SMILES string of the molecule is CC1CN(C(=O)OC(C)(C)C)CC(CN)C12CCNC2. The summed E-state index contributed by atoms with van der Waals surface area (Å²) in [5.74, 6) is 0.807. The zero-order valence-corrected chi connectivity index (χ0v) is 13.2. The predicted molar refractivity (Wildman–Crippen MR) is 79.4 cm³/mol. The second-order valence-corrected chi connectivity index (χ2v) is 7.38. The Morgan fingerprint density at radius 1 is 1.45 bits per heavy atom. The number of likely N-dealkylation sites (tertiary alicyclic amines) is 1. The van der Waals surface area contributed by atoms with Crippen molar-refractivity contribution in [1.82, 2.24) is 10.2 Å². The van der Waals surface area contributed by atoms with Gasteiger partial charge in [-0.15, -0.1) is 0 Å². The molecule has 0 saturated carbocycles. The third-order valence-corrected chi connectivity index (χ3v) is 4.89. The number of nitrogens with two attached hydrogens (primary N) is 1. The zero-order valence-electron chi connectivity index (χ0n) is 13.2. The molecular weight excluding hydrogens is 254 g/mol. The highest BCUT2D eigenvalue weighted by Gasteiger charge is 2.49. The molecule has 5 nitrogen and oxygen atoms in total. The second-order valence-electron chi connectivity index (χ2n) is 7.38. The molecule has 3 N–H and O–H groups in total. The Balaban J connectivity index is 2.08. The molecule has 1 amide bonds. The van der Waals surface area contributed by atoms with Crippen LogP contribution in [0.2, 0.25) is 0 Å². The molecule has 0 aromatic rings. The summed E-state index contributed by atoms with van der Waals surface area (Å²) >= 11 is 0. The largest absolute Gasteiger partial charge is 0.444 e. The Bertz CT molecular complexity index is 359. The molecule has 0 radical (unpaired) electrons. The number of carbonyl (C=O) groups excluding carboxylic acids is 1. The first-order valence-corrected chi connectivity index (χ1v) is 7.67. The van der Waals surface area contributed by atoms with E-state index in [9.17, 15) is 4.79 Å². The fourth-order valence-corrected chi connectivity index (χ4v) is 3.72. The molecule has 116 valence electrons. The summed E-state index contributed by atoms with van der Waals surface area (Å²) in [6.45, 7) is 12.2. The van der Waals surface area contributed by atoms with Gasteiger partial charge in [0.05, 0.1) is 0 Å². The van der Waals surface area contributed by atoms with E-state index < -0.39 is 5.60 Å². The number of piperidine rings is 1. The number of rotatable bonds is 1. The van der Waals surface area contributed by atoms with E-state index in [4.69, 9.17) is 10.5 Å². The molecule has 2 aliphatic rings. The van der Waals surface area contributed by atoms with Crippen LogP contribution in [-0.2, 0) is 4.74 Å². The van der Waals surface area contributed by atoms with Crippen molar-refractivity contribution in [3.63, 3.8) is 0 Å². The summed E-state index contributed by atoms with van der Waals surface area (Å²) in [6.07, 6.45) is 0.960. The number of hydrogen-bond donors (Lipinski definition) is 2. The van der Waals surface area contributed by atoms with Gasteiger partial charge in [0.1, 0.15) is 5.60 Å². The van der Waals surface area contributed by atoms with Crippen LogP contribution in [0.1, 0.15) is 34.1 Å². The minimum absolute atomic E-state index is 0.205. The molecule has 0 aliphatic carbocycles. The van der Waals surface area contributed by atoms with Crippen molar-refractivity contribution in [3.8, 4) is 0 Å². The molecule has 0 aromatic heterocycles. The molecule has 0 aromatic carbocycles. The van der Waals surface area contributed by atoms with Crippen molar-refractivity contribution in [2.45, 2.75) is 39.7 Å². The first-order chi connectivity index (χ1) is 9.28. The standard InChI is InChI=1S/C15H29N3O2/c1-11-8-18(13(19)20-14(2,3)4)9-12(7-16)15(11)5-6-17-10-15/h11-12,17H,5-10,16H2,1-4H3. The minimum Gasteiger partial charge on any atom is -0.444 e. The van der Waals surface area contributed by atoms with E-state index in [0.717, 1.165) is 32.6 Å². The lowest BCUT2D eigenvalue weighted by Crippen LogP contribution is -2.57. The number of nitrogens with one attached hydrogen (secondary N) is 1. The molecule has 3 atom stereocenters. The van der Waals surface area contributed by atoms with Crippen LogP contribution in [0.3, 0.4) is 0 Å². The van der Waals surface area contributed by atoms with Gasteiger partial charge in [0.25, 0.3) is 0 Å². The Morgan fingerprint density at radius 2 is 2.15 bits per heavy atom. The molecule has 20 heavy (non-hydrogen) atoms. The predicted octanol–water partition coefficient (Wildman–Crippen LogP) is 1.43. The smallest absolute Gasteiger partial charge is 0.410 e. The van der Waals surface area contributed by atoms with Crippen molar-refractivity contribution < 1.29 is 9.53 Å². The Labute approximate surface area is 122 Å². The Hall–Kier alpha value is -0.810. The summed E-state index contributed by atoms with van der Waals surface area (Å²) in [4.78, 5) is 14.1. The van der Waals surface area contributed by atoms with Gasteiger partial charge in [0.2, 0.25) is 0 Å². The fourth-order valence-electron chi connectivity index (χ4n) is 3.72. The van der Waals surface area contributed by atoms with Crippen LogP contribution in [0, 0.1) is 17.3 Å². The maximum Gasteiger partial charge on any atom is 0.410 e. The monoisotopic (exact) mass is 283 g/mol. The molecule has 2 heterocycles. The van der Waals surface area contributed by atoms with Crippen LogP contribution in [0.5, 0.6) is 0 Å². The van der Waals surface area contributed by atoms with Crippen LogP contribution in [0.4, 0.5) is 4.79 Å². The second kappa shape index (κ2) is 5.53. The lowest BCUT2D eigenvalue weighted by atomic mass is 9.64. The Kier molecular flexibility index (Phi) is 4.30. The van der Waals surface area contributed by atoms with Crippen LogP contribution >= 0.6 is 0 Å². The van der Waals surface area contributed by atoms with E-state index in [1.54, 1.807) is 0 Å². The van der Waals surface area contributed by atoms with E-state index >= 15 is 0 Å². The van der Waals surface area contributed by atoms with Crippen LogP contribution in [0.15, 0.2) is 0 Å².